The first-order chi connectivity index (χ1) is 54.3. The summed E-state index contributed by atoms with van der Waals surface area (Å²) in [7, 11) is 3.95. The minimum absolute atomic E-state index is 0.00886. The number of benzene rings is 4. The number of ether oxygens (including phenoxy) is 3. The Kier molecular flexibility index (Phi) is 22.1. The van der Waals surface area contributed by atoms with E-state index in [4.69, 9.17) is 24.4 Å². The quantitative estimate of drug-likeness (QED) is 0.0352. The Morgan fingerprint density at radius 2 is 0.874 bits per heavy atom. The van der Waals surface area contributed by atoms with Gasteiger partial charge in [-0.1, -0.05) is 24.3 Å². The Hall–Kier alpha value is -13.3. The average Bonchev–Trinajstić information content (AvgIpc) is 1.68. The highest BCUT2D eigenvalue weighted by molar-refractivity contribution is 7.89. The van der Waals surface area contributed by atoms with Crippen molar-refractivity contribution in [3.63, 3.8) is 0 Å². The highest BCUT2D eigenvalue weighted by Crippen LogP contribution is 2.33. The van der Waals surface area contributed by atoms with Gasteiger partial charge in [0.15, 0.2) is 45.9 Å². The summed E-state index contributed by atoms with van der Waals surface area (Å²) in [5, 5.41) is 51.3. The van der Waals surface area contributed by atoms with E-state index in [2.05, 4.69) is 111 Å². The number of hydrogen-bond donors (Lipinski definition) is 7. The monoisotopic (exact) mass is 1510 g/mol. The minimum Gasteiger partial charge on any atom is -0.491 e. The predicted molar refractivity (Wildman–Crippen MR) is 419 cm³/mol. The second-order valence-corrected chi connectivity index (χ2v) is 27.9. The molecule has 12 aromatic heterocycles. The fraction of sp³-hybridized carbons (Fsp3) is 0.221. The molecule has 0 bridgehead atoms. The van der Waals surface area contributed by atoms with Crippen LogP contribution in [-0.2, 0) is 43.0 Å². The molecule has 0 radical (unpaired) electrons. The molecule has 33 nitrogen and oxygen atoms in total. The van der Waals surface area contributed by atoms with E-state index in [9.17, 15) is 8.42 Å². The first-order valence-corrected chi connectivity index (χ1v) is 37.2. The summed E-state index contributed by atoms with van der Waals surface area (Å²) in [6.45, 7) is 4.19. The van der Waals surface area contributed by atoms with Crippen LogP contribution in [0.5, 0.6) is 11.5 Å². The van der Waals surface area contributed by atoms with E-state index >= 15 is 0 Å². The number of imidazole rings is 4. The van der Waals surface area contributed by atoms with Crippen LogP contribution in [0.2, 0.25) is 0 Å². The Balaban J connectivity index is 0.000000118. The lowest BCUT2D eigenvalue weighted by Gasteiger charge is -2.26. The summed E-state index contributed by atoms with van der Waals surface area (Å²) >= 11 is 0. The van der Waals surface area contributed by atoms with Gasteiger partial charge in [0.25, 0.3) is 0 Å². The summed E-state index contributed by atoms with van der Waals surface area (Å²) < 4.78 is 58.4. The third-order valence-electron chi connectivity index (χ3n) is 18.3. The van der Waals surface area contributed by atoms with Gasteiger partial charge in [-0.25, -0.2) is 48.3 Å². The normalized spacial score (nSPS) is 13.8. The van der Waals surface area contributed by atoms with E-state index in [0.717, 1.165) is 92.3 Å². The van der Waals surface area contributed by atoms with Crippen molar-refractivity contribution < 1.29 is 32.8 Å². The second-order valence-electron chi connectivity index (χ2n) is 26.0. The van der Waals surface area contributed by atoms with Gasteiger partial charge in [-0.15, -0.1) is 0 Å². The van der Waals surface area contributed by atoms with Crippen molar-refractivity contribution in [3.8, 4) is 56.5 Å². The molecule has 2 fully saturated rings. The second kappa shape index (κ2) is 33.5. The third kappa shape index (κ3) is 16.9. The van der Waals surface area contributed by atoms with Crippen molar-refractivity contribution in [3.05, 3.63) is 227 Å². The summed E-state index contributed by atoms with van der Waals surface area (Å²) in [4.78, 5) is 36.1. The number of sulfonamides is 1. The lowest BCUT2D eigenvalue weighted by atomic mass is 9.91. The molecule has 4 aromatic carbocycles. The standard InChI is InChI=1S/C21H23N7.C20H21N7O3S.2C18H18N6O2/c1-27-14-17(12-25-27)19-13-24-21-20(23-8-9-28(19)21)26-18-6-2-4-15(10-18)16-5-3-7-22-11-16;1-25-14-15(12-23-25)18-13-22-20-19(21-5-6-27(18)20)24-16-3-2-4-17(11-16)31(28,29)26-7-9-30-10-8-26;1-23-12-13(10-21-23)16-11-20-18-17(19-6-7-24(16)18)22-14-2-4-15(5-3-14)26-9-8-25;1-23-12-13(10-21-23)16-11-20-18-17(19-5-6-24(16)18)22-14-3-2-4-15(9-14)26-8-7-25/h2,4,6,8-10,12-14,16,22H,3,5,7,11H2,1H3,(H,23,26);2-6,11-14H,7-10H2,1H3,(H,21,24);2-7,10-12,25H,8-9H2,1H3,(H,19,22);2-6,9-12,25H,7-8H2,1H3,(H,19,22). The van der Waals surface area contributed by atoms with Gasteiger partial charge < -0.3 is 51.0 Å². The number of morpholine rings is 1. The maximum atomic E-state index is 13.0. The van der Waals surface area contributed by atoms with Crippen molar-refractivity contribution in [1.29, 1.82) is 0 Å². The molecule has 1 atom stereocenters. The molecule has 0 saturated carbocycles. The largest absolute Gasteiger partial charge is 0.491 e. The summed E-state index contributed by atoms with van der Waals surface area (Å²) in [5.41, 5.74) is 15.3. The molecule has 0 amide bonds. The predicted octanol–water partition coefficient (Wildman–Crippen LogP) is 9.72. The zero-order valence-corrected chi connectivity index (χ0v) is 61.9. The molecule has 34 heteroatoms. The van der Waals surface area contributed by atoms with Gasteiger partial charge in [0, 0.05) is 173 Å². The Morgan fingerprint density at radius 3 is 1.29 bits per heavy atom. The van der Waals surface area contributed by atoms with Crippen LogP contribution in [-0.4, -0.2) is 185 Å². The number of nitrogens with zero attached hydrogens (tertiary/aromatic N) is 21. The molecule has 18 rings (SSSR count). The van der Waals surface area contributed by atoms with E-state index in [1.807, 2.05) is 169 Å². The Labute approximate surface area is 636 Å². The summed E-state index contributed by atoms with van der Waals surface area (Å²) in [5.74, 6) is 4.53. The molecule has 0 spiro atoms. The molecular formula is C77H80N26O7S. The van der Waals surface area contributed by atoms with Crippen LogP contribution in [0.25, 0.3) is 67.6 Å². The van der Waals surface area contributed by atoms with Crippen LogP contribution in [0.15, 0.2) is 226 Å². The first-order valence-electron chi connectivity index (χ1n) is 35.8. The van der Waals surface area contributed by atoms with E-state index in [0.29, 0.717) is 78.2 Å². The zero-order valence-electron chi connectivity index (χ0n) is 61.1. The third-order valence-corrected chi connectivity index (χ3v) is 20.2. The van der Waals surface area contributed by atoms with E-state index in [-0.39, 0.29) is 31.3 Å². The Bertz CT molecular complexity index is 5950. The number of anilines is 8. The molecule has 1 unspecified atom stereocenters. The molecule has 16 aromatic rings. The van der Waals surface area contributed by atoms with Crippen molar-refractivity contribution in [1.82, 2.24) is 106 Å². The van der Waals surface area contributed by atoms with Gasteiger partial charge in [-0.3, -0.25) is 36.3 Å². The number of nitrogens with one attached hydrogen (secondary N) is 5. The average molecular weight is 1510 g/mol. The number of hydrogen-bond acceptors (Lipinski definition) is 24. The minimum atomic E-state index is -3.59. The van der Waals surface area contributed by atoms with Gasteiger partial charge in [0.05, 0.1) is 104 Å². The number of fused-ring (bicyclic) bond motifs is 4. The molecule has 14 heterocycles. The lowest BCUT2D eigenvalue weighted by Crippen LogP contribution is -2.40. The van der Waals surface area contributed by atoms with Crippen LogP contribution in [0.1, 0.15) is 24.3 Å². The van der Waals surface area contributed by atoms with Gasteiger partial charge in [0.1, 0.15) is 24.7 Å². The van der Waals surface area contributed by atoms with Crippen molar-refractivity contribution >= 4 is 78.6 Å². The molecule has 111 heavy (non-hydrogen) atoms. The number of aryl methyl sites for hydroxylation is 4. The van der Waals surface area contributed by atoms with Crippen molar-refractivity contribution in [2.24, 2.45) is 28.2 Å². The molecule has 2 aliphatic heterocycles. The van der Waals surface area contributed by atoms with Gasteiger partial charge >= 0.3 is 0 Å². The van der Waals surface area contributed by atoms with E-state index in [1.54, 1.807) is 92.6 Å². The van der Waals surface area contributed by atoms with Crippen LogP contribution in [0.4, 0.5) is 46.0 Å². The lowest BCUT2D eigenvalue weighted by molar-refractivity contribution is 0.0730. The fourth-order valence-corrected chi connectivity index (χ4v) is 14.4. The van der Waals surface area contributed by atoms with Gasteiger partial charge in [0.2, 0.25) is 10.0 Å². The van der Waals surface area contributed by atoms with Crippen LogP contribution in [0.3, 0.4) is 0 Å². The number of rotatable bonds is 21. The smallest absolute Gasteiger partial charge is 0.243 e. The maximum absolute atomic E-state index is 13.0. The highest BCUT2D eigenvalue weighted by Gasteiger charge is 2.27. The van der Waals surface area contributed by atoms with E-state index < -0.39 is 10.0 Å². The number of aromatic nitrogens is 20. The summed E-state index contributed by atoms with van der Waals surface area (Å²) in [6, 6.07) is 30.3. The molecule has 2 saturated heterocycles. The summed E-state index contributed by atoms with van der Waals surface area (Å²) in [6.07, 6.45) is 39.2. The topological polar surface area (TPSA) is 358 Å². The molecule has 566 valence electrons. The van der Waals surface area contributed by atoms with Crippen LogP contribution in [0, 0.1) is 0 Å². The SMILES string of the molecule is Cn1cc(-c2cnc3c(Nc4ccc(OCCO)cc4)nccn23)cn1.Cn1cc(-c2cnc3c(Nc4cccc(C5CCCNC5)c4)nccn23)cn1.Cn1cc(-c2cnc3c(Nc4cccc(OCCO)c4)nccn23)cn1.Cn1cc(-c2cnc3c(Nc4cccc(S(=O)(=O)N5CCOCC5)c4)nccn23)cn1. The fourth-order valence-electron chi connectivity index (χ4n) is 12.9. The first kappa shape index (κ1) is 73.3. The maximum Gasteiger partial charge on any atom is 0.243 e. The molecule has 7 N–H and O–H groups in total. The number of aliphatic hydroxyl groups excluding tert-OH is 2. The highest BCUT2D eigenvalue weighted by atomic mass is 32.2. The zero-order chi connectivity index (χ0) is 76.2. The van der Waals surface area contributed by atoms with Gasteiger partial charge in [-0.2, -0.15) is 24.7 Å². The van der Waals surface area contributed by atoms with Crippen LogP contribution >= 0.6 is 0 Å². The van der Waals surface area contributed by atoms with Crippen LogP contribution < -0.4 is 36.1 Å². The number of aliphatic hydroxyl groups is 2. The molecule has 0 aliphatic carbocycles. The van der Waals surface area contributed by atoms with E-state index in [1.165, 1.54) is 22.7 Å². The molecular weight excluding hydrogens is 1430 g/mol. The van der Waals surface area contributed by atoms with Crippen molar-refractivity contribution in [2.75, 3.05) is 87.1 Å². The molecule has 2 aliphatic rings. The number of piperidine rings is 1. The van der Waals surface area contributed by atoms with Gasteiger partial charge in [-0.05, 0) is 97.6 Å². The van der Waals surface area contributed by atoms with Crippen molar-refractivity contribution in [2.45, 2.75) is 23.7 Å². The Morgan fingerprint density at radius 1 is 0.468 bits per heavy atom.